The van der Waals surface area contributed by atoms with Crippen molar-refractivity contribution in [1.29, 1.82) is 0 Å². The van der Waals surface area contributed by atoms with E-state index < -0.39 is 10.0 Å². The molecular weight excluding hydrogens is 390 g/mol. The molecule has 8 heteroatoms. The van der Waals surface area contributed by atoms with Gasteiger partial charge in [0.2, 0.25) is 10.0 Å². The highest BCUT2D eigenvalue weighted by Crippen LogP contribution is 2.39. The third kappa shape index (κ3) is 5.93. The van der Waals surface area contributed by atoms with Gasteiger partial charge in [-0.15, -0.1) is 0 Å². The zero-order chi connectivity index (χ0) is 21.0. The number of nitrogens with zero attached hydrogens (tertiary/aromatic N) is 1. The molecule has 2 atom stereocenters. The minimum atomic E-state index is -3.36. The summed E-state index contributed by atoms with van der Waals surface area (Å²) >= 11 is 0. The first-order valence-electron chi connectivity index (χ1n) is 10.5. The summed E-state index contributed by atoms with van der Waals surface area (Å²) in [6, 6.07) is 7.85. The lowest BCUT2D eigenvalue weighted by Crippen LogP contribution is -2.60. The Morgan fingerprint density at radius 3 is 2.55 bits per heavy atom. The second kappa shape index (κ2) is 9.45. The van der Waals surface area contributed by atoms with Crippen LogP contribution in [-0.2, 0) is 14.8 Å². The van der Waals surface area contributed by atoms with Crippen LogP contribution in [0.2, 0.25) is 0 Å². The molecule has 2 aliphatic rings. The maximum absolute atomic E-state index is 12.5. The number of hydrogen-bond donors (Lipinski definition) is 2. The van der Waals surface area contributed by atoms with Crippen LogP contribution >= 0.6 is 0 Å². The molecule has 3 rings (SSSR count). The molecule has 0 radical (unpaired) electrons. The summed E-state index contributed by atoms with van der Waals surface area (Å²) in [6.07, 6.45) is 4.70. The SMILES string of the molecule is CCNC(=O)N1CCC[C@H](NS(C)(=O)=O)[C@@H]1CO[C@H]1C[C@@H](c2ccc(C)cc2)C1. The normalized spacial score (nSPS) is 27.3. The fourth-order valence-electron chi connectivity index (χ4n) is 4.23. The molecular formula is C21H33N3O4S. The van der Waals surface area contributed by atoms with Crippen molar-refractivity contribution < 1.29 is 17.9 Å². The van der Waals surface area contributed by atoms with E-state index in [1.807, 2.05) is 6.92 Å². The molecule has 1 aromatic rings. The van der Waals surface area contributed by atoms with E-state index in [4.69, 9.17) is 4.74 Å². The molecule has 2 fully saturated rings. The van der Waals surface area contributed by atoms with Crippen molar-refractivity contribution in [3.05, 3.63) is 35.4 Å². The number of rotatable bonds is 7. The van der Waals surface area contributed by atoms with Crippen LogP contribution in [0.15, 0.2) is 24.3 Å². The second-order valence-corrected chi connectivity index (χ2v) is 10.0. The predicted octanol–water partition coefficient (Wildman–Crippen LogP) is 2.37. The van der Waals surface area contributed by atoms with E-state index in [0.717, 1.165) is 25.5 Å². The van der Waals surface area contributed by atoms with Crippen LogP contribution in [0, 0.1) is 6.92 Å². The summed E-state index contributed by atoms with van der Waals surface area (Å²) in [5.74, 6) is 0.511. The van der Waals surface area contributed by atoms with Crippen LogP contribution in [0.4, 0.5) is 4.79 Å². The van der Waals surface area contributed by atoms with Gasteiger partial charge in [0.1, 0.15) is 0 Å². The van der Waals surface area contributed by atoms with E-state index in [2.05, 4.69) is 41.2 Å². The van der Waals surface area contributed by atoms with Gasteiger partial charge in [0, 0.05) is 19.1 Å². The van der Waals surface area contributed by atoms with Crippen molar-refractivity contribution >= 4 is 16.1 Å². The lowest BCUT2D eigenvalue weighted by Gasteiger charge is -2.43. The lowest BCUT2D eigenvalue weighted by molar-refractivity contribution is -0.0424. The Hall–Kier alpha value is -1.64. The first-order valence-corrected chi connectivity index (χ1v) is 12.4. The fourth-order valence-corrected chi connectivity index (χ4v) is 5.05. The van der Waals surface area contributed by atoms with Gasteiger partial charge in [-0.2, -0.15) is 0 Å². The third-order valence-corrected chi connectivity index (χ3v) is 6.61. The van der Waals surface area contributed by atoms with Gasteiger partial charge in [0.25, 0.3) is 0 Å². The van der Waals surface area contributed by atoms with Gasteiger partial charge in [0.05, 0.1) is 25.0 Å². The molecule has 1 heterocycles. The van der Waals surface area contributed by atoms with Crippen LogP contribution < -0.4 is 10.0 Å². The number of carbonyl (C=O) groups excluding carboxylic acids is 1. The van der Waals surface area contributed by atoms with Crippen molar-refractivity contribution in [2.45, 2.75) is 63.6 Å². The smallest absolute Gasteiger partial charge is 0.317 e. The van der Waals surface area contributed by atoms with Gasteiger partial charge in [-0.05, 0) is 51.0 Å². The standard InChI is InChI=1S/C21H33N3O4S/c1-4-22-21(25)24-11-5-6-19(23-29(3,26)27)20(24)14-28-18-12-17(13-18)16-9-7-15(2)8-10-16/h7-10,17-20,23H,4-6,11-14H2,1-3H3,(H,22,25)/t17-,18+,19-,20-/m0/s1. The van der Waals surface area contributed by atoms with Gasteiger partial charge < -0.3 is 15.0 Å². The number of urea groups is 1. The van der Waals surface area contributed by atoms with Crippen molar-refractivity contribution in [1.82, 2.24) is 14.9 Å². The molecule has 162 valence electrons. The van der Waals surface area contributed by atoms with Crippen LogP contribution in [-0.4, -0.2) is 63.5 Å². The van der Waals surface area contributed by atoms with Crippen molar-refractivity contribution in [3.8, 4) is 0 Å². The van der Waals surface area contributed by atoms with E-state index in [1.165, 1.54) is 11.1 Å². The number of piperidine rings is 1. The first-order chi connectivity index (χ1) is 13.8. The van der Waals surface area contributed by atoms with Crippen molar-refractivity contribution in [2.24, 2.45) is 0 Å². The fraction of sp³-hybridized carbons (Fsp3) is 0.667. The van der Waals surface area contributed by atoms with Crippen molar-refractivity contribution in [3.63, 3.8) is 0 Å². The molecule has 1 aromatic carbocycles. The molecule has 0 unspecified atom stereocenters. The Balaban J connectivity index is 1.59. The lowest BCUT2D eigenvalue weighted by atomic mass is 9.77. The quantitative estimate of drug-likeness (QED) is 0.705. The summed E-state index contributed by atoms with van der Waals surface area (Å²) in [4.78, 5) is 14.2. The average Bonchev–Trinajstić information content (AvgIpc) is 2.61. The Labute approximate surface area is 174 Å². The number of amides is 2. The number of ether oxygens (including phenoxy) is 1. The molecule has 1 saturated heterocycles. The number of nitrogens with one attached hydrogen (secondary N) is 2. The molecule has 0 spiro atoms. The topological polar surface area (TPSA) is 87.7 Å². The van der Waals surface area contributed by atoms with Gasteiger partial charge >= 0.3 is 6.03 Å². The average molecular weight is 424 g/mol. The molecule has 0 bridgehead atoms. The number of benzene rings is 1. The zero-order valence-electron chi connectivity index (χ0n) is 17.6. The summed E-state index contributed by atoms with van der Waals surface area (Å²) in [5.41, 5.74) is 2.60. The summed E-state index contributed by atoms with van der Waals surface area (Å²) < 4.78 is 32.5. The van der Waals surface area contributed by atoms with Crippen LogP contribution in [0.1, 0.15) is 49.7 Å². The number of hydrogen-bond acceptors (Lipinski definition) is 4. The van der Waals surface area contributed by atoms with Crippen LogP contribution in [0.3, 0.4) is 0 Å². The maximum Gasteiger partial charge on any atom is 0.317 e. The molecule has 2 amide bonds. The second-order valence-electron chi connectivity index (χ2n) is 8.27. The van der Waals surface area contributed by atoms with Gasteiger partial charge in [-0.25, -0.2) is 17.9 Å². The summed E-state index contributed by atoms with van der Waals surface area (Å²) in [6.45, 7) is 5.45. The highest BCUT2D eigenvalue weighted by atomic mass is 32.2. The molecule has 0 aromatic heterocycles. The van der Waals surface area contributed by atoms with E-state index in [9.17, 15) is 13.2 Å². The molecule has 7 nitrogen and oxygen atoms in total. The van der Waals surface area contributed by atoms with Crippen LogP contribution in [0.5, 0.6) is 0 Å². The minimum absolute atomic E-state index is 0.151. The highest BCUT2D eigenvalue weighted by Gasteiger charge is 2.38. The minimum Gasteiger partial charge on any atom is -0.376 e. The van der Waals surface area contributed by atoms with Crippen LogP contribution in [0.25, 0.3) is 0 Å². The first kappa shape index (κ1) is 22.1. The third-order valence-electron chi connectivity index (χ3n) is 5.88. The van der Waals surface area contributed by atoms with E-state index >= 15 is 0 Å². The Bertz CT molecular complexity index is 791. The predicted molar refractivity (Wildman–Crippen MR) is 113 cm³/mol. The number of likely N-dealkylation sites (tertiary alicyclic amines) is 1. The largest absolute Gasteiger partial charge is 0.376 e. The number of aryl methyl sites for hydroxylation is 1. The Kier molecular flexibility index (Phi) is 7.19. The highest BCUT2D eigenvalue weighted by molar-refractivity contribution is 7.88. The molecule has 2 N–H and O–H groups in total. The number of sulfonamides is 1. The Morgan fingerprint density at radius 1 is 1.24 bits per heavy atom. The van der Waals surface area contributed by atoms with E-state index in [-0.39, 0.29) is 24.2 Å². The van der Waals surface area contributed by atoms with Gasteiger partial charge in [0.15, 0.2) is 0 Å². The maximum atomic E-state index is 12.5. The van der Waals surface area contributed by atoms with Gasteiger partial charge in [-0.1, -0.05) is 29.8 Å². The molecule has 29 heavy (non-hydrogen) atoms. The molecule has 1 saturated carbocycles. The zero-order valence-corrected chi connectivity index (χ0v) is 18.4. The molecule has 1 aliphatic heterocycles. The van der Waals surface area contributed by atoms with E-state index in [0.29, 0.717) is 32.0 Å². The summed E-state index contributed by atoms with van der Waals surface area (Å²) in [5, 5.41) is 2.83. The Morgan fingerprint density at radius 2 is 1.93 bits per heavy atom. The van der Waals surface area contributed by atoms with E-state index in [1.54, 1.807) is 4.90 Å². The number of carbonyl (C=O) groups is 1. The van der Waals surface area contributed by atoms with Crippen molar-refractivity contribution in [2.75, 3.05) is 26.0 Å². The summed E-state index contributed by atoms with van der Waals surface area (Å²) in [7, 11) is -3.36. The monoisotopic (exact) mass is 423 g/mol. The molecule has 1 aliphatic carbocycles. The van der Waals surface area contributed by atoms with Gasteiger partial charge in [-0.3, -0.25) is 0 Å².